The second-order valence-electron chi connectivity index (χ2n) is 9.73. The number of halogens is 1. The molecule has 3 aliphatic carbocycles. The molecular formula is C26H29FO2. The maximum atomic E-state index is 13.2. The molecule has 1 N–H and O–H groups in total. The maximum absolute atomic E-state index is 13.2. The van der Waals surface area contributed by atoms with Crippen molar-refractivity contribution in [2.75, 3.05) is 0 Å². The van der Waals surface area contributed by atoms with Crippen LogP contribution < -0.4 is 0 Å². The number of carbonyl (C=O) groups excluding carboxylic acids is 1. The van der Waals surface area contributed by atoms with Gasteiger partial charge in [-0.1, -0.05) is 25.1 Å². The van der Waals surface area contributed by atoms with Crippen LogP contribution in [0, 0.1) is 29.0 Å². The standard InChI is InChI=1S/C26H29FO2/c1-26-13-12-22-21-11-9-20(28)14-17(21)6-10-23(22)25(26)18(15-24(26)29)5-2-16-3-7-19(27)8-4-16/h3-4,7-9,11,14,18,22-23,25,28H,2,5-6,10,12-13,15H2,1H3. The van der Waals surface area contributed by atoms with Crippen LogP contribution in [0.1, 0.15) is 61.6 Å². The maximum Gasteiger partial charge on any atom is 0.139 e. The van der Waals surface area contributed by atoms with E-state index in [2.05, 4.69) is 13.0 Å². The lowest BCUT2D eigenvalue weighted by molar-refractivity contribution is -0.129. The summed E-state index contributed by atoms with van der Waals surface area (Å²) in [5.74, 6) is 2.55. The molecule has 3 aliphatic rings. The van der Waals surface area contributed by atoms with E-state index >= 15 is 0 Å². The Morgan fingerprint density at radius 2 is 1.93 bits per heavy atom. The van der Waals surface area contributed by atoms with Crippen LogP contribution in [0.15, 0.2) is 42.5 Å². The van der Waals surface area contributed by atoms with Crippen molar-refractivity contribution in [3.8, 4) is 5.75 Å². The van der Waals surface area contributed by atoms with Crippen LogP contribution in [0.5, 0.6) is 5.75 Å². The average Bonchev–Trinajstić information content (AvgIpc) is 2.97. The summed E-state index contributed by atoms with van der Waals surface area (Å²) in [5, 5.41) is 9.88. The Morgan fingerprint density at radius 3 is 2.72 bits per heavy atom. The second-order valence-corrected chi connectivity index (χ2v) is 9.73. The zero-order chi connectivity index (χ0) is 20.2. The molecule has 152 valence electrons. The molecule has 2 saturated carbocycles. The normalized spacial score (nSPS) is 33.1. The highest BCUT2D eigenvalue weighted by Crippen LogP contribution is 2.62. The molecule has 29 heavy (non-hydrogen) atoms. The summed E-state index contributed by atoms with van der Waals surface area (Å²) < 4.78 is 13.2. The summed E-state index contributed by atoms with van der Waals surface area (Å²) in [4.78, 5) is 13.1. The Kier molecular flexibility index (Phi) is 4.53. The Labute approximate surface area is 172 Å². The molecule has 2 fully saturated rings. The minimum Gasteiger partial charge on any atom is -0.508 e. The summed E-state index contributed by atoms with van der Waals surface area (Å²) >= 11 is 0. The van der Waals surface area contributed by atoms with Crippen molar-refractivity contribution in [2.45, 2.75) is 57.8 Å². The molecule has 3 heteroatoms. The SMILES string of the molecule is CC12CCC3c4ccc(O)cc4CCC3C1C(CCc1ccc(F)cc1)CC2=O. The number of aryl methyl sites for hydroxylation is 2. The number of rotatable bonds is 3. The van der Waals surface area contributed by atoms with Crippen LogP contribution in [-0.2, 0) is 17.6 Å². The quantitative estimate of drug-likeness (QED) is 0.715. The third-order valence-electron chi connectivity index (χ3n) is 8.27. The fourth-order valence-electron chi connectivity index (χ4n) is 6.90. The first-order chi connectivity index (χ1) is 14.0. The van der Waals surface area contributed by atoms with Crippen LogP contribution in [-0.4, -0.2) is 10.9 Å². The van der Waals surface area contributed by atoms with E-state index in [1.165, 1.54) is 23.3 Å². The van der Waals surface area contributed by atoms with E-state index in [0.717, 1.165) is 44.1 Å². The summed E-state index contributed by atoms with van der Waals surface area (Å²) in [7, 11) is 0. The smallest absolute Gasteiger partial charge is 0.139 e. The number of hydrogen-bond donors (Lipinski definition) is 1. The molecule has 0 spiro atoms. The highest BCUT2D eigenvalue weighted by molar-refractivity contribution is 5.87. The summed E-state index contributed by atoms with van der Waals surface area (Å²) in [6.07, 6.45) is 6.78. The zero-order valence-corrected chi connectivity index (χ0v) is 17.0. The zero-order valence-electron chi connectivity index (χ0n) is 17.0. The van der Waals surface area contributed by atoms with Gasteiger partial charge in [0.1, 0.15) is 17.3 Å². The lowest BCUT2D eigenvalue weighted by atomic mass is 9.54. The molecule has 0 amide bonds. The lowest BCUT2D eigenvalue weighted by Crippen LogP contribution is -2.44. The Hall–Kier alpha value is -2.16. The number of ketones is 1. The Balaban J connectivity index is 1.41. The molecule has 0 heterocycles. The predicted octanol–water partition coefficient (Wildman–Crippen LogP) is 5.82. The van der Waals surface area contributed by atoms with Gasteiger partial charge in [0, 0.05) is 11.8 Å². The number of phenols is 1. The topological polar surface area (TPSA) is 37.3 Å². The second kappa shape index (κ2) is 6.97. The van der Waals surface area contributed by atoms with E-state index in [1.54, 1.807) is 0 Å². The molecule has 5 unspecified atom stereocenters. The molecule has 0 radical (unpaired) electrons. The number of benzene rings is 2. The molecule has 2 aromatic carbocycles. The van der Waals surface area contributed by atoms with Gasteiger partial charge in [0.25, 0.3) is 0 Å². The number of phenolic OH excluding ortho intramolecular Hbond substituents is 1. The van der Waals surface area contributed by atoms with Gasteiger partial charge in [-0.3, -0.25) is 4.79 Å². The van der Waals surface area contributed by atoms with E-state index in [9.17, 15) is 14.3 Å². The van der Waals surface area contributed by atoms with Gasteiger partial charge >= 0.3 is 0 Å². The van der Waals surface area contributed by atoms with Crippen molar-refractivity contribution in [1.82, 2.24) is 0 Å². The van der Waals surface area contributed by atoms with Crippen molar-refractivity contribution < 1.29 is 14.3 Å². The lowest BCUT2D eigenvalue weighted by Gasteiger charge is -2.50. The third-order valence-corrected chi connectivity index (χ3v) is 8.27. The van der Waals surface area contributed by atoms with Gasteiger partial charge in [0.2, 0.25) is 0 Å². The molecule has 2 aromatic rings. The van der Waals surface area contributed by atoms with E-state index in [4.69, 9.17) is 0 Å². The van der Waals surface area contributed by atoms with Crippen LogP contribution in [0.25, 0.3) is 0 Å². The Bertz CT molecular complexity index is 934. The van der Waals surface area contributed by atoms with Crippen LogP contribution in [0.3, 0.4) is 0 Å². The summed E-state index contributed by atoms with van der Waals surface area (Å²) in [5.41, 5.74) is 3.67. The highest BCUT2D eigenvalue weighted by atomic mass is 19.1. The predicted molar refractivity (Wildman–Crippen MR) is 111 cm³/mol. The van der Waals surface area contributed by atoms with Gasteiger partial charge in [-0.2, -0.15) is 0 Å². The minimum atomic E-state index is -0.195. The first-order valence-electron chi connectivity index (χ1n) is 11.1. The summed E-state index contributed by atoms with van der Waals surface area (Å²) in [6, 6.07) is 12.7. The van der Waals surface area contributed by atoms with Gasteiger partial charge in [0.15, 0.2) is 0 Å². The average molecular weight is 393 g/mol. The minimum absolute atomic E-state index is 0.178. The number of fused-ring (bicyclic) bond motifs is 5. The highest BCUT2D eigenvalue weighted by Gasteiger charge is 2.58. The van der Waals surface area contributed by atoms with E-state index in [1.807, 2.05) is 24.3 Å². The molecule has 2 nitrogen and oxygen atoms in total. The first kappa shape index (κ1) is 18.8. The first-order valence-corrected chi connectivity index (χ1v) is 11.1. The van der Waals surface area contributed by atoms with Gasteiger partial charge in [-0.05, 0) is 103 Å². The van der Waals surface area contributed by atoms with Gasteiger partial charge in [-0.25, -0.2) is 4.39 Å². The molecule has 5 rings (SSSR count). The third kappa shape index (κ3) is 3.10. The number of aromatic hydroxyl groups is 1. The fourth-order valence-corrected chi connectivity index (χ4v) is 6.90. The summed E-state index contributed by atoms with van der Waals surface area (Å²) in [6.45, 7) is 2.22. The van der Waals surface area contributed by atoms with Crippen molar-refractivity contribution in [3.63, 3.8) is 0 Å². The molecule has 0 saturated heterocycles. The van der Waals surface area contributed by atoms with Gasteiger partial charge in [0.05, 0.1) is 0 Å². The van der Waals surface area contributed by atoms with Crippen molar-refractivity contribution in [3.05, 3.63) is 65.0 Å². The van der Waals surface area contributed by atoms with Gasteiger partial charge in [-0.15, -0.1) is 0 Å². The number of carbonyl (C=O) groups is 1. The monoisotopic (exact) mass is 392 g/mol. The number of hydrogen-bond acceptors (Lipinski definition) is 2. The van der Waals surface area contributed by atoms with E-state index < -0.39 is 0 Å². The molecule has 5 atom stereocenters. The van der Waals surface area contributed by atoms with E-state index in [0.29, 0.717) is 41.6 Å². The van der Waals surface area contributed by atoms with Crippen molar-refractivity contribution in [2.24, 2.45) is 23.2 Å². The van der Waals surface area contributed by atoms with Crippen LogP contribution in [0.2, 0.25) is 0 Å². The molecule has 0 bridgehead atoms. The van der Waals surface area contributed by atoms with Crippen molar-refractivity contribution >= 4 is 5.78 Å². The molecule has 0 aromatic heterocycles. The van der Waals surface area contributed by atoms with Crippen LogP contribution in [0.4, 0.5) is 4.39 Å². The number of Topliss-reactive ketones (excluding diaryl/α,β-unsaturated/α-hetero) is 1. The van der Waals surface area contributed by atoms with Crippen LogP contribution >= 0.6 is 0 Å². The molecule has 0 aliphatic heterocycles. The largest absolute Gasteiger partial charge is 0.508 e. The Morgan fingerprint density at radius 1 is 1.14 bits per heavy atom. The van der Waals surface area contributed by atoms with E-state index in [-0.39, 0.29) is 11.2 Å². The molecular weight excluding hydrogens is 363 g/mol. The fraction of sp³-hybridized carbons (Fsp3) is 0.500. The van der Waals surface area contributed by atoms with Gasteiger partial charge < -0.3 is 5.11 Å². The van der Waals surface area contributed by atoms with Crippen molar-refractivity contribution in [1.29, 1.82) is 0 Å².